The number of carboxylic acids is 1. The van der Waals surface area contributed by atoms with Crippen LogP contribution in [-0.4, -0.2) is 23.3 Å². The van der Waals surface area contributed by atoms with Gasteiger partial charge in [0, 0.05) is 5.56 Å². The highest BCUT2D eigenvalue weighted by atomic mass is 19.1. The van der Waals surface area contributed by atoms with Gasteiger partial charge < -0.3 is 14.4 Å². The van der Waals surface area contributed by atoms with E-state index in [1.807, 2.05) is 0 Å². The highest BCUT2D eigenvalue weighted by Crippen LogP contribution is 2.28. The third kappa shape index (κ3) is 1.92. The average molecular weight is 251 g/mol. The molecule has 2 rings (SSSR count). The van der Waals surface area contributed by atoms with Gasteiger partial charge in [0.1, 0.15) is 17.0 Å². The molecule has 1 N–H and O–H groups in total. The molecule has 0 atom stereocenters. The number of aromatic nitrogens is 1. The topological polar surface area (TPSA) is 72.6 Å². The van der Waals surface area contributed by atoms with Crippen LogP contribution in [0.25, 0.3) is 11.3 Å². The summed E-state index contributed by atoms with van der Waals surface area (Å²) in [6.07, 6.45) is 0. The predicted octanol–water partition coefficient (Wildman–Crippen LogP) is 2.50. The predicted molar refractivity (Wildman–Crippen MR) is 60.1 cm³/mol. The van der Waals surface area contributed by atoms with Crippen molar-refractivity contribution in [1.29, 1.82) is 0 Å². The van der Waals surface area contributed by atoms with Crippen molar-refractivity contribution in [3.05, 3.63) is 35.3 Å². The second kappa shape index (κ2) is 4.48. The Morgan fingerprint density at radius 2 is 2.22 bits per heavy atom. The second-order valence-electron chi connectivity index (χ2n) is 3.62. The number of hydrogen-bond donors (Lipinski definition) is 1. The Morgan fingerprint density at radius 3 is 2.78 bits per heavy atom. The summed E-state index contributed by atoms with van der Waals surface area (Å²) >= 11 is 0. The number of carbonyl (C=O) groups is 1. The van der Waals surface area contributed by atoms with Gasteiger partial charge in [0.15, 0.2) is 11.6 Å². The first-order chi connectivity index (χ1) is 8.54. The van der Waals surface area contributed by atoms with E-state index in [0.717, 1.165) is 6.07 Å². The number of rotatable bonds is 3. The van der Waals surface area contributed by atoms with Crippen LogP contribution in [0.5, 0.6) is 5.75 Å². The molecule has 1 aromatic heterocycles. The number of methoxy groups -OCH3 is 1. The van der Waals surface area contributed by atoms with Crippen LogP contribution in [-0.2, 0) is 0 Å². The highest BCUT2D eigenvalue weighted by Gasteiger charge is 2.21. The van der Waals surface area contributed by atoms with Gasteiger partial charge in [0.05, 0.1) is 7.11 Å². The molecule has 1 aromatic carbocycles. The SMILES string of the molecule is COc1ccc(-c2noc(C)c2C(=O)O)cc1F. The number of aromatic carboxylic acids is 1. The number of nitrogens with zero attached hydrogens (tertiary/aromatic N) is 1. The molecule has 0 spiro atoms. The van der Waals surface area contributed by atoms with Crippen LogP contribution in [0.3, 0.4) is 0 Å². The number of hydrogen-bond acceptors (Lipinski definition) is 4. The average Bonchev–Trinajstić information content (AvgIpc) is 2.71. The summed E-state index contributed by atoms with van der Waals surface area (Å²) in [5.41, 5.74) is 0.351. The maximum Gasteiger partial charge on any atom is 0.341 e. The van der Waals surface area contributed by atoms with Crippen molar-refractivity contribution in [3.8, 4) is 17.0 Å². The Balaban J connectivity index is 2.56. The van der Waals surface area contributed by atoms with Gasteiger partial charge in [0.25, 0.3) is 0 Å². The van der Waals surface area contributed by atoms with Gasteiger partial charge in [-0.2, -0.15) is 0 Å². The van der Waals surface area contributed by atoms with Crippen molar-refractivity contribution in [3.63, 3.8) is 0 Å². The number of aryl methyl sites for hydroxylation is 1. The van der Waals surface area contributed by atoms with Crippen molar-refractivity contribution in [2.45, 2.75) is 6.92 Å². The summed E-state index contributed by atoms with van der Waals surface area (Å²) in [6, 6.07) is 4.08. The van der Waals surface area contributed by atoms with E-state index in [4.69, 9.17) is 14.4 Å². The van der Waals surface area contributed by atoms with Crippen molar-refractivity contribution >= 4 is 5.97 Å². The maximum absolute atomic E-state index is 13.5. The lowest BCUT2D eigenvalue weighted by molar-refractivity contribution is 0.0695. The van der Waals surface area contributed by atoms with Gasteiger partial charge in [-0.15, -0.1) is 0 Å². The molecule has 0 bridgehead atoms. The van der Waals surface area contributed by atoms with Crippen LogP contribution < -0.4 is 4.74 Å². The lowest BCUT2D eigenvalue weighted by Gasteiger charge is -2.03. The van der Waals surface area contributed by atoms with Crippen LogP contribution in [0.2, 0.25) is 0 Å². The summed E-state index contributed by atoms with van der Waals surface area (Å²) < 4.78 is 23.2. The van der Waals surface area contributed by atoms with Gasteiger partial charge in [-0.1, -0.05) is 5.16 Å². The lowest BCUT2D eigenvalue weighted by Crippen LogP contribution is -1.99. The van der Waals surface area contributed by atoms with Crippen molar-refractivity contribution in [2.24, 2.45) is 0 Å². The molecule has 6 heteroatoms. The van der Waals surface area contributed by atoms with E-state index >= 15 is 0 Å². The third-order valence-electron chi connectivity index (χ3n) is 2.50. The molecule has 5 nitrogen and oxygen atoms in total. The molecular weight excluding hydrogens is 241 g/mol. The fourth-order valence-corrected chi connectivity index (χ4v) is 1.63. The van der Waals surface area contributed by atoms with E-state index in [9.17, 15) is 9.18 Å². The van der Waals surface area contributed by atoms with E-state index in [1.165, 1.54) is 26.2 Å². The first-order valence-electron chi connectivity index (χ1n) is 5.08. The van der Waals surface area contributed by atoms with E-state index in [-0.39, 0.29) is 22.8 Å². The van der Waals surface area contributed by atoms with Gasteiger partial charge in [0.2, 0.25) is 0 Å². The number of benzene rings is 1. The zero-order valence-electron chi connectivity index (χ0n) is 9.73. The van der Waals surface area contributed by atoms with Gasteiger partial charge in [-0.3, -0.25) is 0 Å². The van der Waals surface area contributed by atoms with E-state index in [2.05, 4.69) is 5.16 Å². The Morgan fingerprint density at radius 1 is 1.50 bits per heavy atom. The van der Waals surface area contributed by atoms with Gasteiger partial charge >= 0.3 is 5.97 Å². The minimum absolute atomic E-state index is 0.0698. The molecule has 0 saturated carbocycles. The highest BCUT2D eigenvalue weighted by molar-refractivity contribution is 5.95. The van der Waals surface area contributed by atoms with Crippen molar-refractivity contribution < 1.29 is 23.6 Å². The number of ether oxygens (including phenoxy) is 1. The molecule has 1 heterocycles. The molecule has 2 aromatic rings. The molecule has 0 fully saturated rings. The summed E-state index contributed by atoms with van der Waals surface area (Å²) in [4.78, 5) is 11.1. The first kappa shape index (κ1) is 12.1. The second-order valence-corrected chi connectivity index (χ2v) is 3.62. The number of halogens is 1. The molecule has 0 aliphatic heterocycles. The zero-order valence-corrected chi connectivity index (χ0v) is 9.73. The fourth-order valence-electron chi connectivity index (χ4n) is 1.63. The minimum Gasteiger partial charge on any atom is -0.494 e. The fraction of sp³-hybridized carbons (Fsp3) is 0.167. The number of carboxylic acid groups (broad SMARTS) is 1. The van der Waals surface area contributed by atoms with Crippen LogP contribution in [0.1, 0.15) is 16.1 Å². The molecule has 0 radical (unpaired) electrons. The van der Waals surface area contributed by atoms with Gasteiger partial charge in [-0.05, 0) is 25.1 Å². The normalized spacial score (nSPS) is 10.4. The van der Waals surface area contributed by atoms with Crippen LogP contribution in [0.4, 0.5) is 4.39 Å². The van der Waals surface area contributed by atoms with Crippen LogP contribution >= 0.6 is 0 Å². The summed E-state index contributed by atoms with van der Waals surface area (Å²) in [5, 5.41) is 12.7. The zero-order chi connectivity index (χ0) is 13.3. The van der Waals surface area contributed by atoms with Crippen molar-refractivity contribution in [1.82, 2.24) is 5.16 Å². The summed E-state index contributed by atoms with van der Waals surface area (Å²) in [6.45, 7) is 1.49. The smallest absolute Gasteiger partial charge is 0.341 e. The van der Waals surface area contributed by atoms with Crippen molar-refractivity contribution in [2.75, 3.05) is 7.11 Å². The molecule has 0 aliphatic rings. The molecule has 0 unspecified atom stereocenters. The minimum atomic E-state index is -1.17. The molecule has 0 amide bonds. The summed E-state index contributed by atoms with van der Waals surface area (Å²) in [5.74, 6) is -1.50. The maximum atomic E-state index is 13.5. The Labute approximate surface area is 102 Å². The third-order valence-corrected chi connectivity index (χ3v) is 2.50. The molecule has 18 heavy (non-hydrogen) atoms. The first-order valence-corrected chi connectivity index (χ1v) is 5.08. The van der Waals surface area contributed by atoms with Gasteiger partial charge in [-0.25, -0.2) is 9.18 Å². The largest absolute Gasteiger partial charge is 0.494 e. The molecular formula is C12H10FNO4. The molecule has 94 valence electrons. The molecule has 0 aliphatic carbocycles. The Kier molecular flexibility index (Phi) is 3.01. The van der Waals surface area contributed by atoms with E-state index in [0.29, 0.717) is 5.56 Å². The van der Waals surface area contributed by atoms with E-state index in [1.54, 1.807) is 0 Å². The van der Waals surface area contributed by atoms with E-state index < -0.39 is 11.8 Å². The Hall–Kier alpha value is -2.37. The lowest BCUT2D eigenvalue weighted by atomic mass is 10.1. The molecule has 0 saturated heterocycles. The Bertz CT molecular complexity index is 606. The quantitative estimate of drug-likeness (QED) is 0.907. The summed E-state index contributed by atoms with van der Waals surface area (Å²) in [7, 11) is 1.35. The van der Waals surface area contributed by atoms with Crippen LogP contribution in [0, 0.1) is 12.7 Å². The monoisotopic (exact) mass is 251 g/mol. The standard InChI is InChI=1S/C12H10FNO4/c1-6-10(12(15)16)11(14-18-6)7-3-4-9(17-2)8(13)5-7/h3-5H,1-2H3,(H,15,16). The van der Waals surface area contributed by atoms with Crippen LogP contribution in [0.15, 0.2) is 22.7 Å².